The van der Waals surface area contributed by atoms with Gasteiger partial charge in [0.05, 0.1) is 6.54 Å². The van der Waals surface area contributed by atoms with Crippen molar-refractivity contribution in [1.82, 2.24) is 10.2 Å². The topological polar surface area (TPSA) is 76.4 Å². The summed E-state index contributed by atoms with van der Waals surface area (Å²) in [7, 11) is 1.93. The van der Waals surface area contributed by atoms with Crippen molar-refractivity contribution in [1.29, 1.82) is 5.41 Å². The van der Waals surface area contributed by atoms with Gasteiger partial charge in [-0.25, -0.2) is 0 Å². The number of benzene rings is 2. The SMILES string of the molecule is Br.CNC[C@H]1CN(CC(=O)c2cc(C(C)(C)C)c(O)c(C(C)(C)C)c2)C(=N)[C@@H]1c1ccccc1. The Morgan fingerprint density at radius 2 is 1.59 bits per heavy atom. The molecule has 3 N–H and O–H groups in total. The van der Waals surface area contributed by atoms with Crippen molar-refractivity contribution in [2.45, 2.75) is 58.3 Å². The van der Waals surface area contributed by atoms with Crippen molar-refractivity contribution in [3.63, 3.8) is 0 Å². The normalized spacial score (nSPS) is 18.7. The largest absolute Gasteiger partial charge is 0.507 e. The molecule has 6 heteroatoms. The minimum Gasteiger partial charge on any atom is -0.507 e. The standard InChI is InChI=1S/C28H39N3O2.BrH/c1-27(2,3)21-13-19(14-22(25(21)33)28(4,5)6)23(32)17-31-16-20(15-30-7)24(26(31)29)18-11-9-8-10-12-18;/h8-14,20,24,29-30,33H,15-17H2,1-7H3;1H/t20-,24+;/m0./s1. The third kappa shape index (κ3) is 5.89. The molecule has 1 aliphatic heterocycles. The van der Waals surface area contributed by atoms with Crippen molar-refractivity contribution in [3.8, 4) is 5.75 Å². The lowest BCUT2D eigenvalue weighted by Gasteiger charge is -2.28. The second-order valence-corrected chi connectivity index (χ2v) is 11.3. The van der Waals surface area contributed by atoms with Gasteiger partial charge in [0.25, 0.3) is 0 Å². The van der Waals surface area contributed by atoms with Crippen LogP contribution in [0, 0.1) is 11.3 Å². The highest BCUT2D eigenvalue weighted by atomic mass is 79.9. The summed E-state index contributed by atoms with van der Waals surface area (Å²) in [6, 6.07) is 13.8. The first kappa shape index (κ1) is 28.1. The number of nitrogens with zero attached hydrogens (tertiary/aromatic N) is 1. The van der Waals surface area contributed by atoms with Crippen LogP contribution in [0.15, 0.2) is 42.5 Å². The van der Waals surface area contributed by atoms with Gasteiger partial charge in [-0.15, -0.1) is 17.0 Å². The third-order valence-corrected chi connectivity index (χ3v) is 6.57. The van der Waals surface area contributed by atoms with Gasteiger partial charge in [-0.2, -0.15) is 0 Å². The van der Waals surface area contributed by atoms with Gasteiger partial charge < -0.3 is 15.3 Å². The number of halogens is 1. The number of phenolic OH excluding ortho intramolecular Hbond substituents is 1. The fourth-order valence-electron chi connectivity index (χ4n) is 4.80. The van der Waals surface area contributed by atoms with Gasteiger partial charge in [-0.05, 0) is 35.6 Å². The molecule has 1 saturated heterocycles. The molecule has 2 aromatic rings. The number of likely N-dealkylation sites (tertiary alicyclic amines) is 1. The summed E-state index contributed by atoms with van der Waals surface area (Å²) in [6.07, 6.45) is 0. The molecule has 0 bridgehead atoms. The Morgan fingerprint density at radius 1 is 1.06 bits per heavy atom. The molecule has 34 heavy (non-hydrogen) atoms. The van der Waals surface area contributed by atoms with Crippen LogP contribution < -0.4 is 5.32 Å². The highest BCUT2D eigenvalue weighted by molar-refractivity contribution is 8.93. The van der Waals surface area contributed by atoms with E-state index in [4.69, 9.17) is 5.41 Å². The Morgan fingerprint density at radius 3 is 2.06 bits per heavy atom. The Balaban J connectivity index is 0.00000408. The van der Waals surface area contributed by atoms with E-state index in [0.717, 1.165) is 23.2 Å². The minimum atomic E-state index is -0.295. The first-order valence-electron chi connectivity index (χ1n) is 11.8. The molecule has 2 atom stereocenters. The van der Waals surface area contributed by atoms with Crippen LogP contribution in [0.4, 0.5) is 0 Å². The lowest BCUT2D eigenvalue weighted by molar-refractivity contribution is 0.0963. The van der Waals surface area contributed by atoms with Crippen molar-refractivity contribution in [2.75, 3.05) is 26.7 Å². The fourth-order valence-corrected chi connectivity index (χ4v) is 4.80. The second-order valence-electron chi connectivity index (χ2n) is 11.3. The lowest BCUT2D eigenvalue weighted by atomic mass is 9.78. The predicted octanol–water partition coefficient (Wildman–Crippen LogP) is 5.66. The second kappa shape index (κ2) is 10.6. The molecule has 0 aliphatic carbocycles. The fraction of sp³-hybridized carbons (Fsp3) is 0.500. The highest BCUT2D eigenvalue weighted by Crippen LogP contribution is 2.40. The summed E-state index contributed by atoms with van der Waals surface area (Å²) in [5, 5.41) is 23.1. The number of carbonyl (C=O) groups excluding carboxylic acids is 1. The van der Waals surface area contributed by atoms with Gasteiger partial charge in [-0.1, -0.05) is 71.9 Å². The molecule has 0 aromatic heterocycles. The summed E-state index contributed by atoms with van der Waals surface area (Å²) < 4.78 is 0. The monoisotopic (exact) mass is 529 g/mol. The van der Waals surface area contributed by atoms with Crippen molar-refractivity contribution in [3.05, 3.63) is 64.7 Å². The average molecular weight is 531 g/mol. The summed E-state index contributed by atoms with van der Waals surface area (Å²) in [5.74, 6) is 0.960. The van der Waals surface area contributed by atoms with E-state index in [0.29, 0.717) is 17.9 Å². The Kier molecular flexibility index (Phi) is 8.76. The van der Waals surface area contributed by atoms with E-state index in [1.54, 1.807) is 0 Å². The molecule has 5 nitrogen and oxygen atoms in total. The van der Waals surface area contributed by atoms with Gasteiger partial charge in [0.2, 0.25) is 0 Å². The number of phenols is 1. The van der Waals surface area contributed by atoms with E-state index < -0.39 is 0 Å². The number of rotatable bonds is 6. The van der Waals surface area contributed by atoms with Crippen LogP contribution >= 0.6 is 17.0 Å². The third-order valence-electron chi connectivity index (χ3n) is 6.57. The molecule has 0 unspecified atom stereocenters. The van der Waals surface area contributed by atoms with Crippen LogP contribution in [-0.2, 0) is 10.8 Å². The average Bonchev–Trinajstić information content (AvgIpc) is 3.02. The zero-order chi connectivity index (χ0) is 24.6. The summed E-state index contributed by atoms with van der Waals surface area (Å²) >= 11 is 0. The summed E-state index contributed by atoms with van der Waals surface area (Å²) in [6.45, 7) is 13.9. The first-order chi connectivity index (χ1) is 15.3. The van der Waals surface area contributed by atoms with Gasteiger partial charge >= 0.3 is 0 Å². The van der Waals surface area contributed by atoms with Crippen molar-refractivity contribution in [2.24, 2.45) is 5.92 Å². The van der Waals surface area contributed by atoms with Crippen LogP contribution in [-0.4, -0.2) is 48.3 Å². The van der Waals surface area contributed by atoms with Crippen LogP contribution in [0.1, 0.15) is 74.5 Å². The van der Waals surface area contributed by atoms with E-state index >= 15 is 0 Å². The van der Waals surface area contributed by atoms with Crippen LogP contribution in [0.2, 0.25) is 0 Å². The van der Waals surface area contributed by atoms with Gasteiger partial charge in [0.15, 0.2) is 5.78 Å². The van der Waals surface area contributed by atoms with E-state index in [-0.39, 0.29) is 57.7 Å². The minimum absolute atomic E-state index is 0. The number of aromatic hydroxyl groups is 1. The molecule has 1 heterocycles. The van der Waals surface area contributed by atoms with Gasteiger partial charge in [0.1, 0.15) is 11.6 Å². The van der Waals surface area contributed by atoms with Gasteiger partial charge in [-0.3, -0.25) is 10.2 Å². The molecular weight excluding hydrogens is 490 g/mol. The molecule has 0 saturated carbocycles. The molecule has 0 spiro atoms. The van der Waals surface area contributed by atoms with Crippen LogP contribution in [0.25, 0.3) is 0 Å². The number of carbonyl (C=O) groups is 1. The Labute approximate surface area is 215 Å². The molecule has 1 fully saturated rings. The zero-order valence-corrected chi connectivity index (χ0v) is 23.2. The maximum absolute atomic E-state index is 13.5. The molecular formula is C28H40BrN3O2. The highest BCUT2D eigenvalue weighted by Gasteiger charge is 2.39. The van der Waals surface area contributed by atoms with E-state index in [2.05, 4.69) is 17.4 Å². The first-order valence-corrected chi connectivity index (χ1v) is 11.8. The van der Waals surface area contributed by atoms with Crippen molar-refractivity contribution < 1.29 is 9.90 Å². The number of hydrogen-bond acceptors (Lipinski definition) is 4. The molecule has 0 amide bonds. The van der Waals surface area contributed by atoms with E-state index in [1.807, 2.05) is 83.8 Å². The Bertz CT molecular complexity index is 987. The quantitative estimate of drug-likeness (QED) is 0.422. The van der Waals surface area contributed by atoms with E-state index in [1.165, 1.54) is 0 Å². The van der Waals surface area contributed by atoms with Crippen molar-refractivity contribution >= 4 is 28.6 Å². The maximum Gasteiger partial charge on any atom is 0.182 e. The Hall–Kier alpha value is -2.18. The number of ketones is 1. The maximum atomic E-state index is 13.5. The van der Waals surface area contributed by atoms with Crippen LogP contribution in [0.3, 0.4) is 0 Å². The molecule has 2 aromatic carbocycles. The smallest absolute Gasteiger partial charge is 0.182 e. The molecule has 186 valence electrons. The predicted molar refractivity (Wildman–Crippen MR) is 146 cm³/mol. The summed E-state index contributed by atoms with van der Waals surface area (Å²) in [4.78, 5) is 15.4. The van der Waals surface area contributed by atoms with Crippen LogP contribution in [0.5, 0.6) is 5.75 Å². The molecule has 1 aliphatic rings. The zero-order valence-electron chi connectivity index (χ0n) is 21.5. The lowest BCUT2D eigenvalue weighted by Crippen LogP contribution is -2.32. The van der Waals surface area contributed by atoms with E-state index in [9.17, 15) is 9.90 Å². The summed E-state index contributed by atoms with van der Waals surface area (Å²) in [5.41, 5.74) is 2.69. The number of hydrogen-bond donors (Lipinski definition) is 3. The van der Waals surface area contributed by atoms with Gasteiger partial charge in [0, 0.05) is 41.6 Å². The molecule has 3 rings (SSSR count). The number of Topliss-reactive ketones (excluding diaryl/α,β-unsaturated/α-hetero) is 1. The molecule has 0 radical (unpaired) electrons. The number of amidine groups is 1. The number of nitrogens with one attached hydrogen (secondary N) is 2.